The minimum atomic E-state index is -0.397. The van der Waals surface area contributed by atoms with Gasteiger partial charge >= 0.3 is 5.97 Å². The predicted octanol–water partition coefficient (Wildman–Crippen LogP) is 3.58. The molecule has 1 aliphatic rings. The summed E-state index contributed by atoms with van der Waals surface area (Å²) in [7, 11) is 1.35. The van der Waals surface area contributed by atoms with Crippen molar-refractivity contribution in [3.8, 4) is 0 Å². The third kappa shape index (κ3) is 4.15. The second-order valence-corrected chi connectivity index (χ2v) is 7.28. The molecule has 0 atom stereocenters. The molecule has 0 bridgehead atoms. The highest BCUT2D eigenvalue weighted by Gasteiger charge is 2.22. The maximum atomic E-state index is 12.8. The van der Waals surface area contributed by atoms with E-state index in [4.69, 9.17) is 4.74 Å². The van der Waals surface area contributed by atoms with Crippen molar-refractivity contribution in [2.45, 2.75) is 6.54 Å². The zero-order valence-corrected chi connectivity index (χ0v) is 16.5. The first-order chi connectivity index (χ1) is 14.2. The summed E-state index contributed by atoms with van der Waals surface area (Å²) in [6, 6.07) is 21.5. The van der Waals surface area contributed by atoms with E-state index in [-0.39, 0.29) is 5.91 Å². The SMILES string of the molecule is COC(=O)c1ccc(C(=O)N2CCN(Cc3cccc4ccccc34)CC2)cc1. The van der Waals surface area contributed by atoms with Crippen LogP contribution in [0.2, 0.25) is 0 Å². The summed E-state index contributed by atoms with van der Waals surface area (Å²) < 4.78 is 4.70. The quantitative estimate of drug-likeness (QED) is 0.641. The molecule has 0 aromatic heterocycles. The Morgan fingerprint density at radius 3 is 2.21 bits per heavy atom. The second-order valence-electron chi connectivity index (χ2n) is 7.28. The molecule has 148 valence electrons. The van der Waals surface area contributed by atoms with E-state index in [1.54, 1.807) is 24.3 Å². The number of fused-ring (bicyclic) bond motifs is 1. The summed E-state index contributed by atoms with van der Waals surface area (Å²) >= 11 is 0. The lowest BCUT2D eigenvalue weighted by Crippen LogP contribution is -2.48. The molecule has 5 heteroatoms. The second kappa shape index (κ2) is 8.45. The van der Waals surface area contributed by atoms with E-state index in [0.717, 1.165) is 19.6 Å². The summed E-state index contributed by atoms with van der Waals surface area (Å²) in [5.74, 6) is -0.391. The van der Waals surface area contributed by atoms with Gasteiger partial charge in [-0.05, 0) is 40.6 Å². The van der Waals surface area contributed by atoms with Crippen molar-refractivity contribution in [1.29, 1.82) is 0 Å². The van der Waals surface area contributed by atoms with E-state index < -0.39 is 5.97 Å². The third-order valence-corrected chi connectivity index (χ3v) is 5.49. The van der Waals surface area contributed by atoms with Gasteiger partial charge in [-0.1, -0.05) is 42.5 Å². The van der Waals surface area contributed by atoms with Crippen LogP contribution in [0.25, 0.3) is 10.8 Å². The van der Waals surface area contributed by atoms with Crippen molar-refractivity contribution in [2.24, 2.45) is 0 Å². The van der Waals surface area contributed by atoms with Crippen LogP contribution in [0.15, 0.2) is 66.7 Å². The summed E-state index contributed by atoms with van der Waals surface area (Å²) in [6.07, 6.45) is 0. The number of hydrogen-bond donors (Lipinski definition) is 0. The number of carbonyl (C=O) groups is 2. The highest BCUT2D eigenvalue weighted by atomic mass is 16.5. The summed E-state index contributed by atoms with van der Waals surface area (Å²) in [4.78, 5) is 28.6. The van der Waals surface area contributed by atoms with Gasteiger partial charge in [-0.3, -0.25) is 9.69 Å². The molecule has 3 aromatic rings. The number of hydrogen-bond acceptors (Lipinski definition) is 4. The van der Waals surface area contributed by atoms with Gasteiger partial charge in [-0.25, -0.2) is 4.79 Å². The largest absolute Gasteiger partial charge is 0.465 e. The Balaban J connectivity index is 1.37. The van der Waals surface area contributed by atoms with Crippen LogP contribution in [0.3, 0.4) is 0 Å². The molecule has 0 unspecified atom stereocenters. The molecule has 0 radical (unpaired) electrons. The first kappa shape index (κ1) is 19.2. The Morgan fingerprint density at radius 2 is 1.48 bits per heavy atom. The number of benzene rings is 3. The maximum absolute atomic E-state index is 12.8. The topological polar surface area (TPSA) is 49.9 Å². The molecule has 4 rings (SSSR count). The number of piperazine rings is 1. The molecule has 1 fully saturated rings. The first-order valence-corrected chi connectivity index (χ1v) is 9.82. The monoisotopic (exact) mass is 388 g/mol. The highest BCUT2D eigenvalue weighted by molar-refractivity contribution is 5.96. The highest BCUT2D eigenvalue weighted by Crippen LogP contribution is 2.21. The van der Waals surface area contributed by atoms with E-state index >= 15 is 0 Å². The lowest BCUT2D eigenvalue weighted by Gasteiger charge is -2.35. The van der Waals surface area contributed by atoms with E-state index in [9.17, 15) is 9.59 Å². The van der Waals surface area contributed by atoms with Gasteiger partial charge in [0, 0.05) is 38.3 Å². The number of rotatable bonds is 4. The Kier molecular flexibility index (Phi) is 5.58. The Hall–Kier alpha value is -3.18. The number of carbonyl (C=O) groups excluding carboxylic acids is 2. The van der Waals surface area contributed by atoms with E-state index in [1.807, 2.05) is 4.90 Å². The normalized spacial score (nSPS) is 14.7. The van der Waals surface area contributed by atoms with Gasteiger partial charge in [-0.2, -0.15) is 0 Å². The Morgan fingerprint density at radius 1 is 0.828 bits per heavy atom. The molecule has 1 saturated heterocycles. The third-order valence-electron chi connectivity index (χ3n) is 5.49. The molecule has 29 heavy (non-hydrogen) atoms. The minimum Gasteiger partial charge on any atom is -0.465 e. The van der Waals surface area contributed by atoms with Gasteiger partial charge < -0.3 is 9.64 Å². The van der Waals surface area contributed by atoms with Crippen molar-refractivity contribution < 1.29 is 14.3 Å². The van der Waals surface area contributed by atoms with Crippen LogP contribution >= 0.6 is 0 Å². The van der Waals surface area contributed by atoms with Gasteiger partial charge in [0.2, 0.25) is 0 Å². The summed E-state index contributed by atoms with van der Waals surface area (Å²) in [6.45, 7) is 3.96. The molecule has 1 aliphatic heterocycles. The first-order valence-electron chi connectivity index (χ1n) is 9.82. The van der Waals surface area contributed by atoms with Crippen LogP contribution in [0.4, 0.5) is 0 Å². The molecule has 0 saturated carbocycles. The molecular weight excluding hydrogens is 364 g/mol. The molecule has 0 aliphatic carbocycles. The average molecular weight is 388 g/mol. The lowest BCUT2D eigenvalue weighted by atomic mass is 10.0. The fraction of sp³-hybridized carbons (Fsp3) is 0.250. The van der Waals surface area contributed by atoms with Crippen molar-refractivity contribution in [1.82, 2.24) is 9.80 Å². The number of nitrogens with zero attached hydrogens (tertiary/aromatic N) is 2. The number of amides is 1. The van der Waals surface area contributed by atoms with Crippen molar-refractivity contribution in [3.05, 3.63) is 83.4 Å². The minimum absolute atomic E-state index is 0.00577. The lowest BCUT2D eigenvalue weighted by molar-refractivity contribution is 0.0596. The van der Waals surface area contributed by atoms with E-state index in [2.05, 4.69) is 47.4 Å². The van der Waals surface area contributed by atoms with Crippen LogP contribution in [0.1, 0.15) is 26.3 Å². The van der Waals surface area contributed by atoms with Crippen molar-refractivity contribution in [2.75, 3.05) is 33.3 Å². The maximum Gasteiger partial charge on any atom is 0.337 e. The van der Waals surface area contributed by atoms with Gasteiger partial charge in [0.05, 0.1) is 12.7 Å². The van der Waals surface area contributed by atoms with Crippen LogP contribution in [-0.2, 0) is 11.3 Å². The molecule has 0 N–H and O–H groups in total. The standard InChI is InChI=1S/C24H24N2O3/c1-29-24(28)20-11-9-19(10-12-20)23(27)26-15-13-25(14-16-26)17-21-7-4-6-18-5-2-3-8-22(18)21/h2-12H,13-17H2,1H3. The average Bonchev–Trinajstić information content (AvgIpc) is 2.79. The van der Waals surface area contributed by atoms with Crippen LogP contribution in [0, 0.1) is 0 Å². The van der Waals surface area contributed by atoms with E-state index in [0.29, 0.717) is 24.2 Å². The van der Waals surface area contributed by atoms with Crippen molar-refractivity contribution >= 4 is 22.6 Å². The zero-order chi connectivity index (χ0) is 20.2. The molecule has 1 amide bonds. The Bertz CT molecular complexity index is 1020. The van der Waals surface area contributed by atoms with Crippen LogP contribution in [0.5, 0.6) is 0 Å². The fourth-order valence-corrected chi connectivity index (χ4v) is 3.83. The molecule has 5 nitrogen and oxygen atoms in total. The molecule has 1 heterocycles. The number of methoxy groups -OCH3 is 1. The summed E-state index contributed by atoms with van der Waals surface area (Å²) in [5, 5.41) is 2.55. The molecule has 0 spiro atoms. The smallest absolute Gasteiger partial charge is 0.337 e. The van der Waals surface area contributed by atoms with Crippen LogP contribution < -0.4 is 0 Å². The van der Waals surface area contributed by atoms with Crippen molar-refractivity contribution in [3.63, 3.8) is 0 Å². The predicted molar refractivity (Wildman–Crippen MR) is 113 cm³/mol. The number of esters is 1. The molecular formula is C24H24N2O3. The van der Waals surface area contributed by atoms with Gasteiger partial charge in [0.1, 0.15) is 0 Å². The van der Waals surface area contributed by atoms with Gasteiger partial charge in [-0.15, -0.1) is 0 Å². The van der Waals surface area contributed by atoms with Gasteiger partial charge in [0.15, 0.2) is 0 Å². The van der Waals surface area contributed by atoms with Gasteiger partial charge in [0.25, 0.3) is 5.91 Å². The van der Waals surface area contributed by atoms with E-state index in [1.165, 1.54) is 23.4 Å². The summed E-state index contributed by atoms with van der Waals surface area (Å²) in [5.41, 5.74) is 2.37. The zero-order valence-electron chi connectivity index (χ0n) is 16.5. The number of ether oxygens (including phenoxy) is 1. The van der Waals surface area contributed by atoms with Crippen LogP contribution in [-0.4, -0.2) is 55.0 Å². The molecule has 3 aromatic carbocycles. The fourth-order valence-electron chi connectivity index (χ4n) is 3.83. The Labute approximate surface area is 170 Å².